The lowest BCUT2D eigenvalue weighted by Gasteiger charge is -2.09. The van der Waals surface area contributed by atoms with Crippen LogP contribution in [0.1, 0.15) is 5.56 Å². The molecule has 0 spiro atoms. The van der Waals surface area contributed by atoms with Crippen LogP contribution in [-0.4, -0.2) is 19.3 Å². The second-order valence-electron chi connectivity index (χ2n) is 5.26. The molecule has 1 amide bonds. The molecule has 130 valence electrons. The zero-order valence-corrected chi connectivity index (χ0v) is 14.3. The van der Waals surface area contributed by atoms with Gasteiger partial charge >= 0.3 is 0 Å². The summed E-state index contributed by atoms with van der Waals surface area (Å²) in [7, 11) is -4.25. The quantitative estimate of drug-likeness (QED) is 0.593. The van der Waals surface area contributed by atoms with Crippen molar-refractivity contribution >= 4 is 38.4 Å². The van der Waals surface area contributed by atoms with E-state index in [1.807, 2.05) is 29.1 Å². The fourth-order valence-corrected chi connectivity index (χ4v) is 3.45. The van der Waals surface area contributed by atoms with Crippen LogP contribution in [0.5, 0.6) is 0 Å². The van der Waals surface area contributed by atoms with Crippen molar-refractivity contribution < 1.29 is 17.6 Å². The molecule has 1 aromatic heterocycles. The molecule has 0 aliphatic heterocycles. The molecule has 0 aliphatic carbocycles. The Morgan fingerprint density at radius 2 is 1.96 bits per heavy atom. The number of hydrogen-bond acceptors (Lipinski definition) is 3. The van der Waals surface area contributed by atoms with Gasteiger partial charge in [0.05, 0.1) is 6.42 Å². The van der Waals surface area contributed by atoms with E-state index in [0.29, 0.717) is 5.56 Å². The summed E-state index contributed by atoms with van der Waals surface area (Å²) in [5.41, 5.74) is 3.66. The molecular weight excluding hydrogens is 369 g/mol. The first kappa shape index (κ1) is 17.4. The summed E-state index contributed by atoms with van der Waals surface area (Å²) >= 11 is 5.59. The van der Waals surface area contributed by atoms with Gasteiger partial charge in [-0.25, -0.2) is 12.8 Å². The molecular formula is C16H13ClFN3O3S. The Bertz CT molecular complexity index is 1050. The van der Waals surface area contributed by atoms with E-state index in [0.717, 1.165) is 23.0 Å². The Labute approximate surface area is 148 Å². The van der Waals surface area contributed by atoms with E-state index in [4.69, 9.17) is 11.6 Å². The summed E-state index contributed by atoms with van der Waals surface area (Å²) in [5.74, 6) is -1.59. The Kier molecular flexibility index (Phi) is 4.76. The molecule has 2 aromatic carbocycles. The van der Waals surface area contributed by atoms with Crippen LogP contribution in [0.4, 0.5) is 4.39 Å². The standard InChI is InChI=1S/C16H13ClFN3O3S/c17-11-5-6-15(13(18)8-11)25(23,24)21-20-16(22)7-10-9-19-14-4-2-1-3-12(10)14/h1-6,8-9,19,21H,7H2,(H,20,22). The van der Waals surface area contributed by atoms with E-state index in [1.165, 1.54) is 6.07 Å². The summed E-state index contributed by atoms with van der Waals surface area (Å²) in [6.07, 6.45) is 1.63. The molecule has 3 rings (SSSR count). The van der Waals surface area contributed by atoms with Gasteiger partial charge in [-0.2, -0.15) is 0 Å². The number of halogens is 2. The van der Waals surface area contributed by atoms with Gasteiger partial charge in [0.2, 0.25) is 5.91 Å². The molecule has 3 N–H and O–H groups in total. The van der Waals surface area contributed by atoms with Gasteiger partial charge in [-0.3, -0.25) is 10.2 Å². The van der Waals surface area contributed by atoms with E-state index >= 15 is 0 Å². The number of aromatic amines is 1. The predicted octanol–water partition coefficient (Wildman–Crippen LogP) is 2.51. The monoisotopic (exact) mass is 381 g/mol. The van der Waals surface area contributed by atoms with Gasteiger partial charge in [0.1, 0.15) is 10.7 Å². The molecule has 0 aliphatic rings. The minimum absolute atomic E-state index is 0.0460. The van der Waals surface area contributed by atoms with Crippen LogP contribution in [0.3, 0.4) is 0 Å². The van der Waals surface area contributed by atoms with Crippen LogP contribution in [-0.2, 0) is 21.2 Å². The number of hydrogen-bond donors (Lipinski definition) is 3. The number of hydrazine groups is 1. The highest BCUT2D eigenvalue weighted by molar-refractivity contribution is 7.89. The van der Waals surface area contributed by atoms with Crippen molar-refractivity contribution in [3.05, 3.63) is 65.1 Å². The van der Waals surface area contributed by atoms with Crippen LogP contribution in [0.2, 0.25) is 5.02 Å². The second-order valence-corrected chi connectivity index (χ2v) is 7.35. The van der Waals surface area contributed by atoms with Crippen molar-refractivity contribution in [2.45, 2.75) is 11.3 Å². The first-order valence-corrected chi connectivity index (χ1v) is 9.03. The maximum Gasteiger partial charge on any atom is 0.260 e. The molecule has 9 heteroatoms. The zero-order chi connectivity index (χ0) is 18.0. The fraction of sp³-hybridized carbons (Fsp3) is 0.0625. The number of para-hydroxylation sites is 1. The highest BCUT2D eigenvalue weighted by Gasteiger charge is 2.20. The van der Waals surface area contributed by atoms with E-state index < -0.39 is 26.6 Å². The number of aromatic nitrogens is 1. The van der Waals surface area contributed by atoms with E-state index in [2.05, 4.69) is 10.4 Å². The summed E-state index contributed by atoms with van der Waals surface area (Å²) in [5, 5.41) is 0.934. The van der Waals surface area contributed by atoms with Gasteiger partial charge in [0.15, 0.2) is 0 Å². The summed E-state index contributed by atoms with van der Waals surface area (Å²) in [4.78, 5) is 16.3. The SMILES string of the molecule is O=C(Cc1c[nH]c2ccccc12)NNS(=O)(=O)c1ccc(Cl)cc1F. The predicted molar refractivity (Wildman–Crippen MR) is 91.9 cm³/mol. The van der Waals surface area contributed by atoms with Gasteiger partial charge < -0.3 is 4.98 Å². The molecule has 1 heterocycles. The van der Waals surface area contributed by atoms with Crippen LogP contribution < -0.4 is 10.3 Å². The number of nitrogens with one attached hydrogen (secondary N) is 3. The largest absolute Gasteiger partial charge is 0.361 e. The number of carbonyl (C=O) groups is 1. The van der Waals surface area contributed by atoms with Gasteiger partial charge in [-0.1, -0.05) is 29.8 Å². The van der Waals surface area contributed by atoms with Gasteiger partial charge in [-0.15, -0.1) is 4.83 Å². The fourth-order valence-electron chi connectivity index (χ4n) is 2.37. The van der Waals surface area contributed by atoms with Gasteiger partial charge in [-0.05, 0) is 29.8 Å². The molecule has 0 saturated heterocycles. The van der Waals surface area contributed by atoms with E-state index in [-0.39, 0.29) is 11.4 Å². The average molecular weight is 382 g/mol. The average Bonchev–Trinajstić information content (AvgIpc) is 2.96. The van der Waals surface area contributed by atoms with Crippen LogP contribution >= 0.6 is 11.6 Å². The minimum Gasteiger partial charge on any atom is -0.361 e. The topological polar surface area (TPSA) is 91.1 Å². The molecule has 0 saturated carbocycles. The number of fused-ring (bicyclic) bond motifs is 1. The van der Waals surface area contributed by atoms with Crippen molar-refractivity contribution in [3.63, 3.8) is 0 Å². The molecule has 6 nitrogen and oxygen atoms in total. The van der Waals surface area contributed by atoms with Crippen molar-refractivity contribution in [2.24, 2.45) is 0 Å². The highest BCUT2D eigenvalue weighted by Crippen LogP contribution is 2.19. The lowest BCUT2D eigenvalue weighted by molar-refractivity contribution is -0.120. The van der Waals surface area contributed by atoms with Crippen molar-refractivity contribution in [2.75, 3.05) is 0 Å². The number of carbonyl (C=O) groups excluding carboxylic acids is 1. The maximum atomic E-state index is 13.7. The zero-order valence-electron chi connectivity index (χ0n) is 12.7. The summed E-state index contributed by atoms with van der Waals surface area (Å²) in [6, 6.07) is 10.5. The Morgan fingerprint density at radius 3 is 2.72 bits per heavy atom. The minimum atomic E-state index is -4.25. The maximum absolute atomic E-state index is 13.7. The van der Waals surface area contributed by atoms with Crippen molar-refractivity contribution in [1.29, 1.82) is 0 Å². The molecule has 0 bridgehead atoms. The van der Waals surface area contributed by atoms with Gasteiger partial charge in [0.25, 0.3) is 10.0 Å². The van der Waals surface area contributed by atoms with Crippen LogP contribution in [0.25, 0.3) is 10.9 Å². The first-order valence-electron chi connectivity index (χ1n) is 7.17. The number of benzene rings is 2. The third-order valence-corrected chi connectivity index (χ3v) is 5.05. The number of rotatable bonds is 5. The normalized spacial score (nSPS) is 11.6. The lowest BCUT2D eigenvalue weighted by Crippen LogP contribution is -2.42. The van der Waals surface area contributed by atoms with Crippen molar-refractivity contribution in [3.8, 4) is 0 Å². The van der Waals surface area contributed by atoms with Crippen LogP contribution in [0.15, 0.2) is 53.6 Å². The van der Waals surface area contributed by atoms with E-state index in [9.17, 15) is 17.6 Å². The van der Waals surface area contributed by atoms with Crippen molar-refractivity contribution in [1.82, 2.24) is 15.2 Å². The lowest BCUT2D eigenvalue weighted by atomic mass is 10.1. The first-order chi connectivity index (χ1) is 11.9. The highest BCUT2D eigenvalue weighted by atomic mass is 35.5. The Hall–Kier alpha value is -2.42. The molecule has 0 atom stereocenters. The molecule has 3 aromatic rings. The Balaban J connectivity index is 1.69. The summed E-state index contributed by atoms with van der Waals surface area (Å²) in [6.45, 7) is 0. The molecule has 0 unspecified atom stereocenters. The number of amides is 1. The molecule has 0 fully saturated rings. The Morgan fingerprint density at radius 1 is 1.20 bits per heavy atom. The smallest absolute Gasteiger partial charge is 0.260 e. The third-order valence-electron chi connectivity index (χ3n) is 3.53. The summed E-state index contributed by atoms with van der Waals surface area (Å²) < 4.78 is 37.9. The number of sulfonamides is 1. The van der Waals surface area contributed by atoms with Gasteiger partial charge in [0, 0.05) is 22.1 Å². The number of H-pyrrole nitrogens is 1. The molecule has 0 radical (unpaired) electrons. The van der Waals surface area contributed by atoms with E-state index in [1.54, 1.807) is 6.20 Å². The molecule has 25 heavy (non-hydrogen) atoms. The van der Waals surface area contributed by atoms with Crippen LogP contribution in [0, 0.1) is 5.82 Å². The third kappa shape index (κ3) is 3.81. The second kappa shape index (κ2) is 6.83.